The minimum Gasteiger partial charge on any atom is -0.343 e. The first-order valence-corrected chi connectivity index (χ1v) is 9.08. The lowest BCUT2D eigenvalue weighted by Gasteiger charge is -2.40. The van der Waals surface area contributed by atoms with Crippen LogP contribution >= 0.6 is 0 Å². The Labute approximate surface area is 129 Å². The maximum atomic E-state index is 12.3. The van der Waals surface area contributed by atoms with Crippen molar-refractivity contribution >= 4 is 5.91 Å². The van der Waals surface area contributed by atoms with Crippen LogP contribution in [0.1, 0.15) is 57.8 Å². The fraction of sp³-hybridized carbons (Fsp3) is 0.941. The first-order valence-electron chi connectivity index (χ1n) is 9.08. The Morgan fingerprint density at radius 2 is 1.71 bits per heavy atom. The van der Waals surface area contributed by atoms with Crippen molar-refractivity contribution in [3.8, 4) is 0 Å². The smallest absolute Gasteiger partial charge is 0.222 e. The van der Waals surface area contributed by atoms with Crippen molar-refractivity contribution in [2.75, 3.05) is 32.7 Å². The van der Waals surface area contributed by atoms with E-state index in [9.17, 15) is 4.79 Å². The average molecular weight is 293 g/mol. The van der Waals surface area contributed by atoms with Gasteiger partial charge in [0.1, 0.15) is 0 Å². The summed E-state index contributed by atoms with van der Waals surface area (Å²) in [6.07, 6.45) is 10.8. The van der Waals surface area contributed by atoms with Crippen LogP contribution in [0.25, 0.3) is 0 Å². The van der Waals surface area contributed by atoms with Gasteiger partial charge in [-0.15, -0.1) is 0 Å². The Morgan fingerprint density at radius 3 is 2.38 bits per heavy atom. The van der Waals surface area contributed by atoms with Crippen LogP contribution in [0.3, 0.4) is 0 Å². The van der Waals surface area contributed by atoms with E-state index < -0.39 is 0 Å². The van der Waals surface area contributed by atoms with Crippen LogP contribution in [-0.4, -0.2) is 60.5 Å². The molecule has 0 aromatic carbocycles. The standard InChI is InChI=1S/C17H31N3O/c21-17(7-6-15-5-4-10-18-15)20-13-8-16(9-14-20)19-11-2-1-3-12-19/h15-16,18H,1-14H2. The fourth-order valence-electron chi connectivity index (χ4n) is 4.22. The number of nitrogens with zero attached hydrogens (tertiary/aromatic N) is 2. The molecule has 0 saturated carbocycles. The number of piperidine rings is 2. The number of hydrogen-bond acceptors (Lipinski definition) is 3. The molecule has 4 heteroatoms. The Balaban J connectivity index is 1.37. The maximum absolute atomic E-state index is 12.3. The average Bonchev–Trinajstić information content (AvgIpc) is 3.07. The lowest BCUT2D eigenvalue weighted by molar-refractivity contribution is -0.133. The number of likely N-dealkylation sites (tertiary alicyclic amines) is 2. The monoisotopic (exact) mass is 293 g/mol. The second kappa shape index (κ2) is 7.59. The molecule has 1 amide bonds. The molecule has 3 heterocycles. The van der Waals surface area contributed by atoms with E-state index in [0.717, 1.165) is 38.5 Å². The summed E-state index contributed by atoms with van der Waals surface area (Å²) in [6, 6.07) is 1.34. The zero-order valence-electron chi connectivity index (χ0n) is 13.4. The summed E-state index contributed by atoms with van der Waals surface area (Å²) in [5.41, 5.74) is 0. The molecule has 1 unspecified atom stereocenters. The van der Waals surface area contributed by atoms with Gasteiger partial charge in [-0.1, -0.05) is 6.42 Å². The summed E-state index contributed by atoms with van der Waals surface area (Å²) in [5.74, 6) is 0.390. The second-order valence-corrected chi connectivity index (χ2v) is 7.04. The summed E-state index contributed by atoms with van der Waals surface area (Å²) >= 11 is 0. The van der Waals surface area contributed by atoms with Gasteiger partial charge >= 0.3 is 0 Å². The van der Waals surface area contributed by atoms with Gasteiger partial charge in [0, 0.05) is 31.6 Å². The lowest BCUT2D eigenvalue weighted by atomic mass is 9.99. The maximum Gasteiger partial charge on any atom is 0.222 e. The normalized spacial score (nSPS) is 29.0. The van der Waals surface area contributed by atoms with Crippen molar-refractivity contribution in [3.05, 3.63) is 0 Å². The molecule has 1 atom stereocenters. The molecule has 0 spiro atoms. The third-order valence-corrected chi connectivity index (χ3v) is 5.59. The van der Waals surface area contributed by atoms with Gasteiger partial charge in [0.25, 0.3) is 0 Å². The molecule has 120 valence electrons. The fourth-order valence-corrected chi connectivity index (χ4v) is 4.22. The molecule has 0 aromatic heterocycles. The van der Waals surface area contributed by atoms with E-state index in [-0.39, 0.29) is 0 Å². The number of carbonyl (C=O) groups is 1. The summed E-state index contributed by atoms with van der Waals surface area (Å²) in [4.78, 5) is 17.1. The van der Waals surface area contributed by atoms with Gasteiger partial charge < -0.3 is 15.1 Å². The van der Waals surface area contributed by atoms with E-state index in [4.69, 9.17) is 0 Å². The predicted octanol–water partition coefficient (Wildman–Crippen LogP) is 2.00. The van der Waals surface area contributed by atoms with Gasteiger partial charge in [-0.25, -0.2) is 0 Å². The topological polar surface area (TPSA) is 35.6 Å². The summed E-state index contributed by atoms with van der Waals surface area (Å²) in [5, 5.41) is 3.49. The quantitative estimate of drug-likeness (QED) is 0.861. The molecule has 0 aromatic rings. The SMILES string of the molecule is O=C(CCC1CCCN1)N1CCC(N2CCCCC2)CC1. The Hall–Kier alpha value is -0.610. The molecule has 0 aliphatic carbocycles. The highest BCUT2D eigenvalue weighted by molar-refractivity contribution is 5.76. The molecule has 21 heavy (non-hydrogen) atoms. The van der Waals surface area contributed by atoms with Crippen LogP contribution in [0.2, 0.25) is 0 Å². The minimum absolute atomic E-state index is 0.390. The highest BCUT2D eigenvalue weighted by Gasteiger charge is 2.27. The Bertz CT molecular complexity index is 327. The van der Waals surface area contributed by atoms with E-state index in [0.29, 0.717) is 11.9 Å². The Kier molecular flexibility index (Phi) is 5.53. The molecule has 3 saturated heterocycles. The van der Waals surface area contributed by atoms with Gasteiger partial charge in [0.15, 0.2) is 0 Å². The van der Waals surface area contributed by atoms with Crippen LogP contribution < -0.4 is 5.32 Å². The summed E-state index contributed by atoms with van der Waals surface area (Å²) < 4.78 is 0. The third kappa shape index (κ3) is 4.19. The van der Waals surface area contributed by atoms with Gasteiger partial charge in [-0.3, -0.25) is 4.79 Å². The molecule has 3 aliphatic rings. The van der Waals surface area contributed by atoms with E-state index in [1.165, 1.54) is 58.0 Å². The Morgan fingerprint density at radius 1 is 0.952 bits per heavy atom. The van der Waals surface area contributed by atoms with Crippen LogP contribution in [0, 0.1) is 0 Å². The van der Waals surface area contributed by atoms with Gasteiger partial charge in [-0.05, 0) is 64.6 Å². The number of carbonyl (C=O) groups excluding carboxylic acids is 1. The number of nitrogens with one attached hydrogen (secondary N) is 1. The zero-order chi connectivity index (χ0) is 14.5. The molecule has 1 N–H and O–H groups in total. The number of amides is 1. The molecule has 3 rings (SSSR count). The van der Waals surface area contributed by atoms with Crippen molar-refractivity contribution in [1.82, 2.24) is 15.1 Å². The molecule has 0 radical (unpaired) electrons. The van der Waals surface area contributed by atoms with E-state index in [2.05, 4.69) is 15.1 Å². The molecule has 4 nitrogen and oxygen atoms in total. The van der Waals surface area contributed by atoms with Crippen LogP contribution in [-0.2, 0) is 4.79 Å². The van der Waals surface area contributed by atoms with Crippen LogP contribution in [0.4, 0.5) is 0 Å². The van der Waals surface area contributed by atoms with E-state index in [1.54, 1.807) is 0 Å². The highest BCUT2D eigenvalue weighted by Crippen LogP contribution is 2.21. The number of rotatable bonds is 4. The van der Waals surface area contributed by atoms with Gasteiger partial charge in [0.05, 0.1) is 0 Å². The summed E-state index contributed by atoms with van der Waals surface area (Å²) in [7, 11) is 0. The van der Waals surface area contributed by atoms with Crippen LogP contribution in [0.5, 0.6) is 0 Å². The van der Waals surface area contributed by atoms with Crippen molar-refractivity contribution < 1.29 is 4.79 Å². The van der Waals surface area contributed by atoms with Gasteiger partial charge in [-0.2, -0.15) is 0 Å². The largest absolute Gasteiger partial charge is 0.343 e. The minimum atomic E-state index is 0.390. The van der Waals surface area contributed by atoms with E-state index in [1.807, 2.05) is 0 Å². The van der Waals surface area contributed by atoms with Crippen molar-refractivity contribution in [2.45, 2.75) is 69.9 Å². The van der Waals surface area contributed by atoms with Crippen molar-refractivity contribution in [1.29, 1.82) is 0 Å². The lowest BCUT2D eigenvalue weighted by Crippen LogP contribution is -2.48. The third-order valence-electron chi connectivity index (χ3n) is 5.59. The second-order valence-electron chi connectivity index (χ2n) is 7.04. The van der Waals surface area contributed by atoms with E-state index >= 15 is 0 Å². The van der Waals surface area contributed by atoms with Gasteiger partial charge in [0.2, 0.25) is 5.91 Å². The molecule has 3 fully saturated rings. The molecular weight excluding hydrogens is 262 g/mol. The molecule has 3 aliphatic heterocycles. The van der Waals surface area contributed by atoms with Crippen molar-refractivity contribution in [3.63, 3.8) is 0 Å². The summed E-state index contributed by atoms with van der Waals surface area (Å²) in [6.45, 7) is 5.67. The highest BCUT2D eigenvalue weighted by atomic mass is 16.2. The first kappa shape index (κ1) is 15.3. The zero-order valence-corrected chi connectivity index (χ0v) is 13.4. The first-order chi connectivity index (χ1) is 10.3. The molecular formula is C17H31N3O. The number of hydrogen-bond donors (Lipinski definition) is 1. The van der Waals surface area contributed by atoms with Crippen LogP contribution in [0.15, 0.2) is 0 Å². The van der Waals surface area contributed by atoms with Crippen molar-refractivity contribution in [2.24, 2.45) is 0 Å². The predicted molar refractivity (Wildman–Crippen MR) is 85.3 cm³/mol. The molecule has 0 bridgehead atoms.